The van der Waals surface area contributed by atoms with Crippen molar-refractivity contribution in [3.8, 4) is 11.5 Å². The first-order valence-electron chi connectivity index (χ1n) is 12.8. The molecule has 40 heavy (non-hydrogen) atoms. The van der Waals surface area contributed by atoms with E-state index in [0.717, 1.165) is 0 Å². The highest BCUT2D eigenvalue weighted by Crippen LogP contribution is 2.33. The Morgan fingerprint density at radius 3 is 2.40 bits per heavy atom. The molecule has 0 aliphatic carbocycles. The van der Waals surface area contributed by atoms with Crippen LogP contribution in [0.25, 0.3) is 22.6 Å². The molecule has 0 radical (unpaired) electrons. The Kier molecular flexibility index (Phi) is 7.77. The summed E-state index contributed by atoms with van der Waals surface area (Å²) in [6, 6.07) is -0.411. The van der Waals surface area contributed by atoms with E-state index in [-0.39, 0.29) is 35.3 Å². The molecule has 3 aromatic heterocycles. The van der Waals surface area contributed by atoms with Crippen molar-refractivity contribution in [2.24, 2.45) is 0 Å². The number of aromatic nitrogens is 5. The van der Waals surface area contributed by atoms with Crippen LogP contribution >= 0.6 is 0 Å². The molecule has 16 heteroatoms. The number of sulfonamides is 1. The molecule has 15 nitrogen and oxygen atoms in total. The predicted molar refractivity (Wildman–Crippen MR) is 143 cm³/mol. The van der Waals surface area contributed by atoms with Gasteiger partial charge in [0.15, 0.2) is 11.5 Å². The maximum atomic E-state index is 13.8. The van der Waals surface area contributed by atoms with Crippen LogP contribution < -0.4 is 10.6 Å². The second-order valence-corrected chi connectivity index (χ2v) is 13.2. The first kappa shape index (κ1) is 29.2. The third-order valence-electron chi connectivity index (χ3n) is 5.74. The van der Waals surface area contributed by atoms with Crippen LogP contribution in [0.15, 0.2) is 21.9 Å². The highest BCUT2D eigenvalue weighted by atomic mass is 32.2. The van der Waals surface area contributed by atoms with Gasteiger partial charge in [-0.05, 0) is 65.2 Å². The Bertz CT molecular complexity index is 1520. The van der Waals surface area contributed by atoms with Crippen LogP contribution in [0.5, 0.6) is 0 Å². The van der Waals surface area contributed by atoms with E-state index in [1.54, 1.807) is 46.1 Å². The van der Waals surface area contributed by atoms with Crippen LogP contribution in [0, 0.1) is 0 Å². The molecule has 2 amide bonds. The largest absolute Gasteiger partial charge is 0.444 e. The molecule has 1 atom stereocenters. The van der Waals surface area contributed by atoms with Crippen LogP contribution in [0.4, 0.5) is 15.4 Å². The molecule has 1 aliphatic heterocycles. The van der Waals surface area contributed by atoms with Gasteiger partial charge in [-0.15, -0.1) is 0 Å². The van der Waals surface area contributed by atoms with Gasteiger partial charge in [0.25, 0.3) is 0 Å². The number of carbonyl (C=O) groups excluding carboxylic acids is 2. The van der Waals surface area contributed by atoms with E-state index < -0.39 is 39.5 Å². The summed E-state index contributed by atoms with van der Waals surface area (Å²) >= 11 is 0. The molecular weight excluding hydrogens is 544 g/mol. The monoisotopic (exact) mass is 578 g/mol. The Balaban J connectivity index is 1.64. The number of imidazole rings is 1. The summed E-state index contributed by atoms with van der Waals surface area (Å²) < 4.78 is 46.0. The van der Waals surface area contributed by atoms with Crippen molar-refractivity contribution in [1.29, 1.82) is 0 Å². The van der Waals surface area contributed by atoms with Gasteiger partial charge in [-0.25, -0.2) is 27.6 Å². The van der Waals surface area contributed by atoms with Gasteiger partial charge in [-0.1, -0.05) is 0 Å². The standard InChI is InChI=1S/C24H34N8O7S/c1-8-32-18-15(27-20(32)17-19(30-39-29-17)28-22(34)38-24(5,6)7)11-25-12-16(18)40(35,36)31-10-9-14(13-31)26-21(33)37-23(2,3)4/h11-12,14H,8-10,13H2,1-7H3,(H,26,33)(H,28,30,34)/t14-/m0/s1. The van der Waals surface area contributed by atoms with Gasteiger partial charge in [-0.2, -0.15) is 4.31 Å². The number of amides is 2. The number of fused-ring (bicyclic) bond motifs is 1. The SMILES string of the molecule is CCn1c(-c2nonc2NC(=O)OC(C)(C)C)nc2cncc(S(=O)(=O)N3CC[C@H](NC(=O)OC(C)(C)C)C3)c21. The molecule has 3 aromatic rings. The topological polar surface area (TPSA) is 184 Å². The van der Waals surface area contributed by atoms with Gasteiger partial charge in [0.1, 0.15) is 21.6 Å². The average Bonchev–Trinajstić information content (AvgIpc) is 3.54. The van der Waals surface area contributed by atoms with Crippen molar-refractivity contribution in [3.63, 3.8) is 0 Å². The highest BCUT2D eigenvalue weighted by Gasteiger charge is 2.36. The van der Waals surface area contributed by atoms with Crippen molar-refractivity contribution in [3.05, 3.63) is 12.4 Å². The summed E-state index contributed by atoms with van der Waals surface area (Å²) in [5.41, 5.74) is -0.721. The normalized spacial score (nSPS) is 16.7. The van der Waals surface area contributed by atoms with Crippen molar-refractivity contribution in [2.75, 3.05) is 18.4 Å². The smallest absolute Gasteiger partial charge is 0.413 e. The van der Waals surface area contributed by atoms with E-state index in [1.807, 2.05) is 6.92 Å². The number of nitrogens with one attached hydrogen (secondary N) is 2. The minimum absolute atomic E-state index is 0.0350. The van der Waals surface area contributed by atoms with Gasteiger partial charge >= 0.3 is 12.2 Å². The molecule has 0 bridgehead atoms. The highest BCUT2D eigenvalue weighted by molar-refractivity contribution is 7.89. The number of ether oxygens (including phenoxy) is 2. The van der Waals surface area contributed by atoms with Crippen LogP contribution in [0.3, 0.4) is 0 Å². The molecular formula is C24H34N8O7S. The zero-order chi connectivity index (χ0) is 29.5. The van der Waals surface area contributed by atoms with Crippen LogP contribution in [0.1, 0.15) is 54.9 Å². The Hall–Kier alpha value is -3.79. The zero-order valence-electron chi connectivity index (χ0n) is 23.5. The Morgan fingerprint density at radius 2 is 1.75 bits per heavy atom. The first-order chi connectivity index (χ1) is 18.6. The Morgan fingerprint density at radius 1 is 1.07 bits per heavy atom. The molecule has 2 N–H and O–H groups in total. The Labute approximate surface area is 231 Å². The van der Waals surface area contributed by atoms with Crippen LogP contribution in [-0.4, -0.2) is 80.1 Å². The summed E-state index contributed by atoms with van der Waals surface area (Å²) in [5, 5.41) is 12.9. The molecule has 1 aliphatic rings. The van der Waals surface area contributed by atoms with Crippen molar-refractivity contribution >= 4 is 39.1 Å². The lowest BCUT2D eigenvalue weighted by Crippen LogP contribution is -2.41. The lowest BCUT2D eigenvalue weighted by molar-refractivity contribution is 0.0506. The summed E-state index contributed by atoms with van der Waals surface area (Å²) in [5.74, 6) is 0.187. The number of pyridine rings is 1. The summed E-state index contributed by atoms with van der Waals surface area (Å²) in [7, 11) is -4.04. The van der Waals surface area contributed by atoms with Crippen LogP contribution in [0.2, 0.25) is 0 Å². The van der Waals surface area contributed by atoms with Crippen molar-refractivity contribution < 1.29 is 32.1 Å². The van der Waals surface area contributed by atoms with Crippen molar-refractivity contribution in [1.82, 2.24) is 34.5 Å². The number of nitrogens with zero attached hydrogens (tertiary/aromatic N) is 6. The molecule has 1 saturated heterocycles. The van der Waals surface area contributed by atoms with E-state index in [4.69, 9.17) is 14.1 Å². The fourth-order valence-corrected chi connectivity index (χ4v) is 5.88. The predicted octanol–water partition coefficient (Wildman–Crippen LogP) is 3.14. The molecule has 4 rings (SSSR count). The van der Waals surface area contributed by atoms with E-state index in [1.165, 1.54) is 16.7 Å². The third-order valence-corrected chi connectivity index (χ3v) is 7.61. The number of aryl methyl sites for hydroxylation is 1. The zero-order valence-corrected chi connectivity index (χ0v) is 24.3. The van der Waals surface area contributed by atoms with Gasteiger partial charge < -0.3 is 19.4 Å². The number of alkyl carbamates (subject to hydrolysis) is 1. The number of carbonyl (C=O) groups is 2. The lowest BCUT2D eigenvalue weighted by atomic mass is 10.2. The second kappa shape index (κ2) is 10.6. The minimum Gasteiger partial charge on any atom is -0.444 e. The molecule has 0 aromatic carbocycles. The van der Waals surface area contributed by atoms with Crippen molar-refractivity contribution in [2.45, 2.75) is 83.6 Å². The molecule has 4 heterocycles. The molecule has 1 fully saturated rings. The minimum atomic E-state index is -4.04. The summed E-state index contributed by atoms with van der Waals surface area (Å²) in [6.45, 7) is 12.8. The van der Waals surface area contributed by atoms with Gasteiger partial charge in [0.05, 0.1) is 11.7 Å². The number of hydrogen-bond acceptors (Lipinski definition) is 11. The number of anilines is 1. The molecule has 0 saturated carbocycles. The van der Waals surface area contributed by atoms with Gasteiger partial charge in [0, 0.05) is 31.9 Å². The van der Waals surface area contributed by atoms with E-state index in [2.05, 4.69) is 30.9 Å². The lowest BCUT2D eigenvalue weighted by Gasteiger charge is -2.22. The average molecular weight is 579 g/mol. The second-order valence-electron chi connectivity index (χ2n) is 11.3. The quantitative estimate of drug-likeness (QED) is 0.438. The van der Waals surface area contributed by atoms with Gasteiger partial charge in [-0.3, -0.25) is 10.3 Å². The maximum absolute atomic E-state index is 13.8. The van der Waals surface area contributed by atoms with E-state index >= 15 is 0 Å². The van der Waals surface area contributed by atoms with Gasteiger partial charge in [0.2, 0.25) is 15.8 Å². The van der Waals surface area contributed by atoms with E-state index in [0.29, 0.717) is 24.0 Å². The molecule has 0 spiro atoms. The van der Waals surface area contributed by atoms with Crippen LogP contribution in [-0.2, 0) is 26.0 Å². The maximum Gasteiger partial charge on any atom is 0.413 e. The fourth-order valence-electron chi connectivity index (χ4n) is 4.23. The third kappa shape index (κ3) is 6.33. The molecule has 0 unspecified atom stereocenters. The first-order valence-corrected chi connectivity index (χ1v) is 14.2. The molecule has 218 valence electrons. The van der Waals surface area contributed by atoms with E-state index in [9.17, 15) is 18.0 Å². The summed E-state index contributed by atoms with van der Waals surface area (Å²) in [6.07, 6.45) is 1.76. The summed E-state index contributed by atoms with van der Waals surface area (Å²) in [4.78, 5) is 33.1. The fraction of sp³-hybridized carbons (Fsp3) is 0.583. The number of rotatable bonds is 6. The number of hydrogen-bond donors (Lipinski definition) is 2.